The van der Waals surface area contributed by atoms with Crippen molar-refractivity contribution in [2.75, 3.05) is 13.7 Å². The Kier molecular flexibility index (Phi) is 3.92. The molecule has 0 aromatic carbocycles. The summed E-state index contributed by atoms with van der Waals surface area (Å²) in [6, 6.07) is 2.25. The first-order chi connectivity index (χ1) is 6.22. The molecule has 1 atom stereocenters. The number of rotatable bonds is 5. The lowest BCUT2D eigenvalue weighted by atomic mass is 10.3. The number of aryl methyl sites for hydroxylation is 1. The molecule has 1 aromatic heterocycles. The van der Waals surface area contributed by atoms with Gasteiger partial charge in [-0.1, -0.05) is 5.16 Å². The Balaban J connectivity index is 2.26. The molecule has 4 heteroatoms. The number of methoxy groups -OCH3 is 1. The van der Waals surface area contributed by atoms with Crippen molar-refractivity contribution in [1.29, 1.82) is 0 Å². The zero-order chi connectivity index (χ0) is 9.68. The Morgan fingerprint density at radius 2 is 2.46 bits per heavy atom. The summed E-state index contributed by atoms with van der Waals surface area (Å²) < 4.78 is 10.0. The van der Waals surface area contributed by atoms with E-state index in [0.717, 1.165) is 11.5 Å². The van der Waals surface area contributed by atoms with E-state index in [9.17, 15) is 0 Å². The molecule has 0 fully saturated rings. The normalized spacial score (nSPS) is 13.2. The molecule has 13 heavy (non-hydrogen) atoms. The summed E-state index contributed by atoms with van der Waals surface area (Å²) in [5.74, 6) is 0.862. The van der Waals surface area contributed by atoms with Gasteiger partial charge in [0.15, 0.2) is 5.76 Å². The Morgan fingerprint density at radius 3 is 3.00 bits per heavy atom. The fourth-order valence-corrected chi connectivity index (χ4v) is 1.08. The Labute approximate surface area is 78.2 Å². The summed E-state index contributed by atoms with van der Waals surface area (Å²) in [6.45, 7) is 5.37. The van der Waals surface area contributed by atoms with Gasteiger partial charge >= 0.3 is 0 Å². The van der Waals surface area contributed by atoms with Crippen molar-refractivity contribution in [3.63, 3.8) is 0 Å². The highest BCUT2D eigenvalue weighted by Gasteiger charge is 2.03. The van der Waals surface area contributed by atoms with Gasteiger partial charge in [-0.2, -0.15) is 0 Å². The summed E-state index contributed by atoms with van der Waals surface area (Å²) in [4.78, 5) is 0. The first-order valence-electron chi connectivity index (χ1n) is 4.37. The predicted molar refractivity (Wildman–Crippen MR) is 49.4 cm³/mol. The Hall–Kier alpha value is -0.870. The first-order valence-corrected chi connectivity index (χ1v) is 4.37. The minimum Gasteiger partial charge on any atom is -0.383 e. The molecule has 1 rings (SSSR count). The van der Waals surface area contributed by atoms with Crippen LogP contribution in [0.3, 0.4) is 0 Å². The van der Waals surface area contributed by atoms with Gasteiger partial charge in [-0.15, -0.1) is 0 Å². The van der Waals surface area contributed by atoms with Crippen molar-refractivity contribution in [3.8, 4) is 0 Å². The van der Waals surface area contributed by atoms with E-state index in [-0.39, 0.29) is 0 Å². The smallest absolute Gasteiger partial charge is 0.150 e. The maximum Gasteiger partial charge on any atom is 0.150 e. The lowest BCUT2D eigenvalue weighted by molar-refractivity contribution is 0.170. The maximum absolute atomic E-state index is 5.04. The molecule has 1 heterocycles. The molecule has 0 bridgehead atoms. The molecule has 0 aliphatic rings. The molecule has 0 saturated carbocycles. The minimum absolute atomic E-state index is 0.329. The van der Waals surface area contributed by atoms with Crippen LogP contribution in [0, 0.1) is 6.92 Å². The van der Waals surface area contributed by atoms with Gasteiger partial charge in [-0.25, -0.2) is 0 Å². The van der Waals surface area contributed by atoms with Gasteiger partial charge in [0, 0.05) is 19.2 Å². The molecule has 4 nitrogen and oxygen atoms in total. The van der Waals surface area contributed by atoms with Gasteiger partial charge in [0.05, 0.1) is 18.8 Å². The number of hydrogen-bond acceptors (Lipinski definition) is 4. The average Bonchev–Trinajstić information content (AvgIpc) is 2.49. The third-order valence-corrected chi connectivity index (χ3v) is 1.72. The quantitative estimate of drug-likeness (QED) is 0.744. The Bertz CT molecular complexity index is 248. The summed E-state index contributed by atoms with van der Waals surface area (Å²) >= 11 is 0. The lowest BCUT2D eigenvalue weighted by Crippen LogP contribution is -2.29. The maximum atomic E-state index is 5.04. The zero-order valence-electron chi connectivity index (χ0n) is 8.33. The summed E-state index contributed by atoms with van der Waals surface area (Å²) in [5.41, 5.74) is 0.913. The van der Waals surface area contributed by atoms with Crippen molar-refractivity contribution in [2.24, 2.45) is 0 Å². The van der Waals surface area contributed by atoms with Crippen molar-refractivity contribution < 1.29 is 9.26 Å². The number of aromatic nitrogens is 1. The van der Waals surface area contributed by atoms with E-state index in [0.29, 0.717) is 19.2 Å². The fourth-order valence-electron chi connectivity index (χ4n) is 1.08. The van der Waals surface area contributed by atoms with Crippen LogP contribution >= 0.6 is 0 Å². The monoisotopic (exact) mass is 184 g/mol. The van der Waals surface area contributed by atoms with Gasteiger partial charge in [-0.3, -0.25) is 0 Å². The van der Waals surface area contributed by atoms with Crippen LogP contribution in [0.2, 0.25) is 0 Å². The molecule has 1 unspecified atom stereocenters. The number of hydrogen-bond donors (Lipinski definition) is 1. The van der Waals surface area contributed by atoms with Crippen molar-refractivity contribution >= 4 is 0 Å². The van der Waals surface area contributed by atoms with Gasteiger partial charge in [0.2, 0.25) is 0 Å². The second-order valence-electron chi connectivity index (χ2n) is 3.17. The van der Waals surface area contributed by atoms with Gasteiger partial charge in [-0.05, 0) is 13.8 Å². The van der Waals surface area contributed by atoms with Crippen molar-refractivity contribution in [3.05, 3.63) is 17.5 Å². The predicted octanol–water partition coefficient (Wildman–Crippen LogP) is 1.11. The number of ether oxygens (including phenoxy) is 1. The largest absolute Gasteiger partial charge is 0.383 e. The molecule has 0 amide bonds. The van der Waals surface area contributed by atoms with Crippen LogP contribution in [0.4, 0.5) is 0 Å². The summed E-state index contributed by atoms with van der Waals surface area (Å²) in [6.07, 6.45) is 0. The third-order valence-electron chi connectivity index (χ3n) is 1.72. The molecule has 1 aromatic rings. The van der Waals surface area contributed by atoms with Crippen LogP contribution in [0.15, 0.2) is 10.6 Å². The highest BCUT2D eigenvalue weighted by atomic mass is 16.5. The van der Waals surface area contributed by atoms with Crippen LogP contribution in [0.5, 0.6) is 0 Å². The SMILES string of the molecule is COCC(C)NCc1cc(C)no1. The van der Waals surface area contributed by atoms with E-state index in [2.05, 4.69) is 17.4 Å². The minimum atomic E-state index is 0.329. The standard InChI is InChI=1S/C9H16N2O2/c1-7-4-9(13-11-7)5-10-8(2)6-12-3/h4,8,10H,5-6H2,1-3H3. The molecular weight excluding hydrogens is 168 g/mol. The van der Waals surface area contributed by atoms with E-state index in [1.165, 1.54) is 0 Å². The first kappa shape index (κ1) is 10.2. The van der Waals surface area contributed by atoms with E-state index < -0.39 is 0 Å². The van der Waals surface area contributed by atoms with Crippen LogP contribution in [0.25, 0.3) is 0 Å². The Morgan fingerprint density at radius 1 is 1.69 bits per heavy atom. The molecule has 0 aliphatic heterocycles. The molecule has 74 valence electrons. The van der Waals surface area contributed by atoms with E-state index in [1.54, 1.807) is 7.11 Å². The van der Waals surface area contributed by atoms with Crippen LogP contribution in [0.1, 0.15) is 18.4 Å². The van der Waals surface area contributed by atoms with Gasteiger partial charge < -0.3 is 14.6 Å². The summed E-state index contributed by atoms with van der Waals surface area (Å²) in [7, 11) is 1.69. The zero-order valence-corrected chi connectivity index (χ0v) is 8.33. The topological polar surface area (TPSA) is 47.3 Å². The van der Waals surface area contributed by atoms with Gasteiger partial charge in [0.1, 0.15) is 0 Å². The van der Waals surface area contributed by atoms with E-state index in [4.69, 9.17) is 9.26 Å². The molecule has 1 N–H and O–H groups in total. The molecule has 0 spiro atoms. The molecular formula is C9H16N2O2. The van der Waals surface area contributed by atoms with Crippen molar-refractivity contribution in [1.82, 2.24) is 10.5 Å². The third kappa shape index (κ3) is 3.57. The number of nitrogens with zero attached hydrogens (tertiary/aromatic N) is 1. The number of nitrogens with one attached hydrogen (secondary N) is 1. The lowest BCUT2D eigenvalue weighted by Gasteiger charge is -2.10. The van der Waals surface area contributed by atoms with E-state index >= 15 is 0 Å². The fraction of sp³-hybridized carbons (Fsp3) is 0.667. The van der Waals surface area contributed by atoms with E-state index in [1.807, 2.05) is 13.0 Å². The van der Waals surface area contributed by atoms with Crippen LogP contribution < -0.4 is 5.32 Å². The second-order valence-corrected chi connectivity index (χ2v) is 3.17. The molecule has 0 radical (unpaired) electrons. The van der Waals surface area contributed by atoms with Gasteiger partial charge in [0.25, 0.3) is 0 Å². The molecule has 0 saturated heterocycles. The van der Waals surface area contributed by atoms with Crippen LogP contribution in [-0.4, -0.2) is 24.9 Å². The average molecular weight is 184 g/mol. The highest BCUT2D eigenvalue weighted by Crippen LogP contribution is 2.01. The van der Waals surface area contributed by atoms with Crippen LogP contribution in [-0.2, 0) is 11.3 Å². The van der Waals surface area contributed by atoms with Crippen molar-refractivity contribution in [2.45, 2.75) is 26.4 Å². The highest BCUT2D eigenvalue weighted by molar-refractivity contribution is 5.02. The molecule has 0 aliphatic carbocycles. The second kappa shape index (κ2) is 4.99. The summed E-state index contributed by atoms with van der Waals surface area (Å²) in [5, 5.41) is 7.05.